The van der Waals surface area contributed by atoms with Crippen molar-refractivity contribution in [3.05, 3.63) is 0 Å². The molecule has 4 atom stereocenters. The van der Waals surface area contributed by atoms with Crippen molar-refractivity contribution in [2.45, 2.75) is 84.7 Å². The summed E-state index contributed by atoms with van der Waals surface area (Å²) in [7, 11) is 0. The monoisotopic (exact) mass is 282 g/mol. The van der Waals surface area contributed by atoms with Crippen LogP contribution in [0.2, 0.25) is 0 Å². The fourth-order valence-electron chi connectivity index (χ4n) is 4.95. The highest BCUT2D eigenvalue weighted by Gasteiger charge is 2.52. The van der Waals surface area contributed by atoms with Gasteiger partial charge < -0.3 is 0 Å². The lowest BCUT2D eigenvalue weighted by molar-refractivity contribution is -0.130. The van der Waals surface area contributed by atoms with Gasteiger partial charge in [0.15, 0.2) is 0 Å². The van der Waals surface area contributed by atoms with Crippen molar-refractivity contribution in [2.24, 2.45) is 23.2 Å². The number of alkyl halides is 1. The smallest absolute Gasteiger partial charge is 0.136 e. The maximum absolute atomic E-state index is 13.6. The largest absolute Gasteiger partial charge is 0.299 e. The summed E-state index contributed by atoms with van der Waals surface area (Å²) in [5.41, 5.74) is -0.803. The first-order valence-corrected chi connectivity index (χ1v) is 8.46. The summed E-state index contributed by atoms with van der Waals surface area (Å²) < 4.78 is 13.6. The van der Waals surface area contributed by atoms with Crippen LogP contribution in [0.15, 0.2) is 0 Å². The average molecular weight is 282 g/mol. The zero-order valence-corrected chi connectivity index (χ0v) is 13.7. The van der Waals surface area contributed by atoms with Gasteiger partial charge in [-0.3, -0.25) is 4.79 Å². The van der Waals surface area contributed by atoms with Gasteiger partial charge in [-0.1, -0.05) is 26.7 Å². The van der Waals surface area contributed by atoms with Crippen LogP contribution in [-0.2, 0) is 4.79 Å². The van der Waals surface area contributed by atoms with Crippen molar-refractivity contribution in [2.75, 3.05) is 0 Å². The number of hydrogen-bond donors (Lipinski definition) is 0. The first kappa shape index (κ1) is 16.0. The van der Waals surface area contributed by atoms with Gasteiger partial charge in [-0.25, -0.2) is 4.39 Å². The van der Waals surface area contributed by atoms with Crippen LogP contribution in [0.4, 0.5) is 4.39 Å². The van der Waals surface area contributed by atoms with Crippen molar-refractivity contribution in [1.29, 1.82) is 0 Å². The second-order valence-electron chi connectivity index (χ2n) is 8.15. The number of Topliss-reactive ketones (excluding diaryl/α,β-unsaturated/α-hetero) is 1. The van der Waals surface area contributed by atoms with Gasteiger partial charge in [-0.2, -0.15) is 0 Å². The van der Waals surface area contributed by atoms with Crippen molar-refractivity contribution in [3.63, 3.8) is 0 Å². The van der Waals surface area contributed by atoms with E-state index in [1.165, 1.54) is 12.8 Å². The Labute approximate surface area is 123 Å². The lowest BCUT2D eigenvalue weighted by Crippen LogP contribution is -2.39. The molecular weight excluding hydrogens is 251 g/mol. The Kier molecular flexibility index (Phi) is 4.61. The van der Waals surface area contributed by atoms with E-state index in [0.717, 1.165) is 32.1 Å². The number of carbonyl (C=O) groups is 1. The van der Waals surface area contributed by atoms with E-state index in [-0.39, 0.29) is 5.41 Å². The molecule has 0 bridgehead atoms. The molecule has 2 saturated carbocycles. The molecule has 116 valence electrons. The Morgan fingerprint density at radius 1 is 1.40 bits per heavy atom. The molecule has 0 aromatic carbocycles. The zero-order valence-electron chi connectivity index (χ0n) is 13.7. The van der Waals surface area contributed by atoms with Crippen LogP contribution in [0.5, 0.6) is 0 Å². The molecule has 20 heavy (non-hydrogen) atoms. The summed E-state index contributed by atoms with van der Waals surface area (Å²) in [5, 5.41) is 0. The SMILES string of the molecule is C[C@H](CCCC(C)(C)F)[C@H]1CC[C@H]2C(=O)CCC[C@]12C. The molecule has 0 heterocycles. The Hall–Kier alpha value is -0.400. The van der Waals surface area contributed by atoms with Gasteiger partial charge in [0.05, 0.1) is 0 Å². The molecular formula is C18H31FO. The molecule has 0 aromatic heterocycles. The summed E-state index contributed by atoms with van der Waals surface area (Å²) in [4.78, 5) is 12.1. The second-order valence-corrected chi connectivity index (χ2v) is 8.15. The van der Waals surface area contributed by atoms with Gasteiger partial charge >= 0.3 is 0 Å². The van der Waals surface area contributed by atoms with E-state index < -0.39 is 5.67 Å². The van der Waals surface area contributed by atoms with Crippen LogP contribution in [0.1, 0.15) is 79.1 Å². The second kappa shape index (κ2) is 5.77. The Balaban J connectivity index is 1.93. The lowest BCUT2D eigenvalue weighted by Gasteiger charge is -2.42. The Bertz CT molecular complexity index is 357. The fourth-order valence-corrected chi connectivity index (χ4v) is 4.95. The maximum atomic E-state index is 13.6. The quantitative estimate of drug-likeness (QED) is 0.666. The van der Waals surface area contributed by atoms with Gasteiger partial charge in [-0.05, 0) is 63.2 Å². The summed E-state index contributed by atoms with van der Waals surface area (Å²) in [5.74, 6) is 2.12. The van der Waals surface area contributed by atoms with Crippen LogP contribution in [0, 0.1) is 23.2 Å². The van der Waals surface area contributed by atoms with Gasteiger partial charge in [0.25, 0.3) is 0 Å². The van der Waals surface area contributed by atoms with Crippen LogP contribution < -0.4 is 0 Å². The minimum Gasteiger partial charge on any atom is -0.299 e. The number of fused-ring (bicyclic) bond motifs is 1. The zero-order chi connectivity index (χ0) is 15.0. The lowest BCUT2D eigenvalue weighted by atomic mass is 9.62. The van der Waals surface area contributed by atoms with E-state index in [9.17, 15) is 9.18 Å². The van der Waals surface area contributed by atoms with Gasteiger partial charge in [0.1, 0.15) is 11.5 Å². The van der Waals surface area contributed by atoms with Crippen molar-refractivity contribution in [1.82, 2.24) is 0 Å². The summed E-state index contributed by atoms with van der Waals surface area (Å²) in [6.45, 7) is 8.01. The highest BCUT2D eigenvalue weighted by atomic mass is 19.1. The minimum atomic E-state index is -1.04. The first-order chi connectivity index (χ1) is 9.24. The molecule has 0 amide bonds. The fraction of sp³-hybridized carbons (Fsp3) is 0.944. The number of ketones is 1. The molecule has 0 aromatic rings. The summed E-state index contributed by atoms with van der Waals surface area (Å²) >= 11 is 0. The maximum Gasteiger partial charge on any atom is 0.136 e. The normalized spacial score (nSPS) is 36.0. The molecule has 0 aliphatic heterocycles. The van der Waals surface area contributed by atoms with Gasteiger partial charge in [0, 0.05) is 12.3 Å². The molecule has 0 saturated heterocycles. The highest BCUT2D eigenvalue weighted by molar-refractivity contribution is 5.83. The summed E-state index contributed by atoms with van der Waals surface area (Å²) in [6.07, 6.45) is 8.12. The predicted molar refractivity (Wildman–Crippen MR) is 81.4 cm³/mol. The molecule has 0 radical (unpaired) electrons. The first-order valence-electron chi connectivity index (χ1n) is 8.46. The molecule has 0 spiro atoms. The third kappa shape index (κ3) is 3.26. The average Bonchev–Trinajstić information content (AvgIpc) is 2.66. The third-order valence-electron chi connectivity index (χ3n) is 6.05. The van der Waals surface area contributed by atoms with E-state index in [4.69, 9.17) is 0 Å². The number of carbonyl (C=O) groups excluding carboxylic acids is 1. The molecule has 0 N–H and O–H groups in total. The number of hydrogen-bond acceptors (Lipinski definition) is 1. The Morgan fingerprint density at radius 3 is 2.75 bits per heavy atom. The molecule has 2 aliphatic carbocycles. The van der Waals surface area contributed by atoms with E-state index in [0.29, 0.717) is 30.0 Å². The van der Waals surface area contributed by atoms with E-state index >= 15 is 0 Å². The number of rotatable bonds is 5. The molecule has 2 rings (SSSR count). The van der Waals surface area contributed by atoms with E-state index in [1.807, 2.05) is 0 Å². The predicted octanol–water partition coefficient (Wildman–Crippen LogP) is 5.33. The topological polar surface area (TPSA) is 17.1 Å². The van der Waals surface area contributed by atoms with Crippen LogP contribution in [0.3, 0.4) is 0 Å². The minimum absolute atomic E-state index is 0.236. The van der Waals surface area contributed by atoms with E-state index in [2.05, 4.69) is 13.8 Å². The molecule has 2 aliphatic rings. The van der Waals surface area contributed by atoms with Crippen LogP contribution in [0.25, 0.3) is 0 Å². The van der Waals surface area contributed by atoms with Gasteiger partial charge in [0.2, 0.25) is 0 Å². The van der Waals surface area contributed by atoms with Crippen LogP contribution in [-0.4, -0.2) is 11.5 Å². The highest BCUT2D eigenvalue weighted by Crippen LogP contribution is 2.57. The molecule has 2 heteroatoms. The van der Waals surface area contributed by atoms with Gasteiger partial charge in [-0.15, -0.1) is 0 Å². The standard InChI is InChI=1S/C18H31FO/c1-13(7-5-11-17(2,3)19)14-9-10-15-16(20)8-6-12-18(14,15)4/h13-15H,5-12H2,1-4H3/t13-,14-,15+,18-/m1/s1. The summed E-state index contributed by atoms with van der Waals surface area (Å²) in [6, 6.07) is 0. The van der Waals surface area contributed by atoms with E-state index in [1.54, 1.807) is 13.8 Å². The van der Waals surface area contributed by atoms with Crippen molar-refractivity contribution >= 4 is 5.78 Å². The molecule has 2 fully saturated rings. The Morgan fingerprint density at radius 2 is 2.10 bits per heavy atom. The van der Waals surface area contributed by atoms with Crippen LogP contribution >= 0.6 is 0 Å². The van der Waals surface area contributed by atoms with Crippen molar-refractivity contribution < 1.29 is 9.18 Å². The molecule has 0 unspecified atom stereocenters. The number of halogens is 1. The van der Waals surface area contributed by atoms with Crippen molar-refractivity contribution in [3.8, 4) is 0 Å². The molecule has 1 nitrogen and oxygen atoms in total. The third-order valence-corrected chi connectivity index (χ3v) is 6.05.